The number of nitrogens with one attached hydrogen (secondary N) is 1. The van der Waals surface area contributed by atoms with Crippen molar-refractivity contribution < 1.29 is 19.8 Å². The van der Waals surface area contributed by atoms with Crippen LogP contribution in [0.15, 0.2) is 0 Å². The van der Waals surface area contributed by atoms with Crippen LogP contribution in [0.3, 0.4) is 0 Å². The molecule has 6 nitrogen and oxygen atoms in total. The maximum atomic E-state index is 12.4. The molecule has 4 aliphatic carbocycles. The van der Waals surface area contributed by atoms with Gasteiger partial charge in [-0.15, -0.1) is 0 Å². The quantitative estimate of drug-likeness (QED) is 0.173. The lowest BCUT2D eigenvalue weighted by Crippen LogP contribution is -2.40. The van der Waals surface area contributed by atoms with Gasteiger partial charge in [0.2, 0.25) is 5.91 Å². The summed E-state index contributed by atoms with van der Waals surface area (Å²) in [4.78, 5) is 18.8. The zero-order chi connectivity index (χ0) is 30.0. The molecule has 5 aliphatic rings. The van der Waals surface area contributed by atoms with E-state index in [0.29, 0.717) is 18.4 Å². The number of rotatable bonds is 12. The Labute approximate surface area is 262 Å². The van der Waals surface area contributed by atoms with E-state index in [1.54, 1.807) is 0 Å². The minimum Gasteiger partial charge on any atom is -0.394 e. The second-order valence-corrected chi connectivity index (χ2v) is 15.1. The highest BCUT2D eigenvalue weighted by molar-refractivity contribution is 5.78. The number of carbonyl (C=O) groups excluding carboxylic acids is 1. The third-order valence-electron chi connectivity index (χ3n) is 12.2. The van der Waals surface area contributed by atoms with Crippen molar-refractivity contribution in [1.29, 1.82) is 0 Å². The first-order chi connectivity index (χ1) is 21.0. The second-order valence-electron chi connectivity index (χ2n) is 15.1. The normalized spacial score (nSPS) is 36.1. The minimum absolute atomic E-state index is 0.0435. The molecule has 1 amide bonds. The van der Waals surface area contributed by atoms with E-state index in [-0.39, 0.29) is 36.5 Å². The maximum absolute atomic E-state index is 12.4. The number of unbranched alkanes of at least 4 members (excludes halogenated alkanes) is 2. The lowest BCUT2D eigenvalue weighted by atomic mass is 9.76. The van der Waals surface area contributed by atoms with Gasteiger partial charge in [-0.2, -0.15) is 5.06 Å². The molecule has 0 spiro atoms. The fourth-order valence-electron chi connectivity index (χ4n) is 9.90. The molecule has 3 N–H and O–H groups in total. The van der Waals surface area contributed by atoms with Gasteiger partial charge in [0.15, 0.2) is 0 Å². The number of hydrogen-bond acceptors (Lipinski definition) is 5. The van der Waals surface area contributed by atoms with Crippen molar-refractivity contribution in [2.45, 2.75) is 154 Å². The highest BCUT2D eigenvalue weighted by Crippen LogP contribution is 2.47. The van der Waals surface area contributed by atoms with E-state index in [2.05, 4.69) is 22.2 Å². The van der Waals surface area contributed by atoms with Crippen molar-refractivity contribution >= 4 is 5.91 Å². The molecule has 5 rings (SSSR count). The number of fused-ring (bicyclic) bond motifs is 1. The first-order valence-corrected chi connectivity index (χ1v) is 18.5. The van der Waals surface area contributed by atoms with Crippen LogP contribution in [0, 0.1) is 53.3 Å². The molecule has 6 heteroatoms. The fraction of sp³-hybridized carbons (Fsp3) is 0.919. The monoisotopic (exact) mass is 598 g/mol. The van der Waals surface area contributed by atoms with E-state index >= 15 is 0 Å². The van der Waals surface area contributed by atoms with Crippen molar-refractivity contribution in [3.8, 4) is 11.8 Å². The van der Waals surface area contributed by atoms with Crippen molar-refractivity contribution in [1.82, 2.24) is 10.4 Å². The number of hydrogen-bond donors (Lipinski definition) is 3. The first-order valence-electron chi connectivity index (χ1n) is 18.5. The Balaban J connectivity index is 1.07. The van der Waals surface area contributed by atoms with Crippen LogP contribution in [0.25, 0.3) is 0 Å². The van der Waals surface area contributed by atoms with E-state index in [0.717, 1.165) is 62.8 Å². The molecule has 0 aromatic heterocycles. The van der Waals surface area contributed by atoms with Gasteiger partial charge in [0.25, 0.3) is 0 Å². The van der Waals surface area contributed by atoms with E-state index in [1.807, 2.05) is 6.92 Å². The number of hydroxylamine groups is 2. The number of carbonyl (C=O) groups is 1. The molecule has 43 heavy (non-hydrogen) atoms. The van der Waals surface area contributed by atoms with Gasteiger partial charge in [-0.3, -0.25) is 9.63 Å². The number of amides is 1. The average molecular weight is 599 g/mol. The zero-order valence-electron chi connectivity index (χ0n) is 27.2. The van der Waals surface area contributed by atoms with Crippen molar-refractivity contribution in [2.75, 3.05) is 19.7 Å². The van der Waals surface area contributed by atoms with Crippen LogP contribution in [0.4, 0.5) is 0 Å². The highest BCUT2D eigenvalue weighted by atomic mass is 16.7. The van der Waals surface area contributed by atoms with Gasteiger partial charge in [-0.05, 0) is 88.4 Å². The molecule has 4 saturated carbocycles. The molecular weight excluding hydrogens is 536 g/mol. The summed E-state index contributed by atoms with van der Waals surface area (Å²) < 4.78 is 0. The van der Waals surface area contributed by atoms with E-state index in [9.17, 15) is 15.0 Å². The SMILES string of the molecule is C[C@@H](O)[C@@H]1C(CCCCCC2CCC3CCCCC23)N(CC2CCCC(C#CCNC(=O)C3CCCCC3)C2)O[C@@H]1CO. The minimum atomic E-state index is -0.498. The second kappa shape index (κ2) is 17.0. The summed E-state index contributed by atoms with van der Waals surface area (Å²) in [5, 5.41) is 26.1. The van der Waals surface area contributed by atoms with Crippen molar-refractivity contribution in [3.63, 3.8) is 0 Å². The molecule has 244 valence electrons. The van der Waals surface area contributed by atoms with Crippen molar-refractivity contribution in [2.24, 2.45) is 41.4 Å². The Hall–Kier alpha value is -1.13. The highest BCUT2D eigenvalue weighted by Gasteiger charge is 2.45. The largest absolute Gasteiger partial charge is 0.394 e. The topological polar surface area (TPSA) is 82.0 Å². The standard InChI is InChI=1S/C37H62N2O4/c1-27(41)36-34(20-7-3-4-15-30-21-22-31-16-8-9-19-33(30)31)39(43-35(36)26-40)25-29-13-10-12-28(24-29)14-11-23-38-37(42)32-17-5-2-6-18-32/h27-36,40-41H,2-10,12-13,15-26H2,1H3,(H,38,42)/t27-,28?,29?,30?,31?,33?,34?,35-,36-/m1/s1. The summed E-state index contributed by atoms with van der Waals surface area (Å²) >= 11 is 0. The Morgan fingerprint density at radius 3 is 2.53 bits per heavy atom. The van der Waals surface area contributed by atoms with Crippen LogP contribution < -0.4 is 5.32 Å². The lowest BCUT2D eigenvalue weighted by Gasteiger charge is -2.33. The van der Waals surface area contributed by atoms with E-state index in [4.69, 9.17) is 4.84 Å². The van der Waals surface area contributed by atoms with Crippen LogP contribution in [0.2, 0.25) is 0 Å². The van der Waals surface area contributed by atoms with Gasteiger partial charge >= 0.3 is 0 Å². The Morgan fingerprint density at radius 1 is 0.930 bits per heavy atom. The summed E-state index contributed by atoms with van der Waals surface area (Å²) in [5.41, 5.74) is 0. The van der Waals surface area contributed by atoms with Gasteiger partial charge in [-0.1, -0.05) is 82.5 Å². The summed E-state index contributed by atoms with van der Waals surface area (Å²) in [5.74, 6) is 11.0. The summed E-state index contributed by atoms with van der Waals surface area (Å²) in [6.45, 7) is 3.14. The van der Waals surface area contributed by atoms with Crippen LogP contribution >= 0.6 is 0 Å². The molecule has 0 radical (unpaired) electrons. The number of nitrogens with zero attached hydrogens (tertiary/aromatic N) is 1. The Morgan fingerprint density at radius 2 is 1.72 bits per heavy atom. The van der Waals surface area contributed by atoms with Crippen LogP contribution in [0.1, 0.15) is 135 Å². The van der Waals surface area contributed by atoms with E-state index in [1.165, 1.54) is 89.9 Å². The van der Waals surface area contributed by atoms with Crippen molar-refractivity contribution in [3.05, 3.63) is 0 Å². The molecular formula is C37H62N2O4. The summed E-state index contributed by atoms with van der Waals surface area (Å²) in [7, 11) is 0. The first kappa shape index (κ1) is 33.2. The number of aliphatic hydroxyl groups excluding tert-OH is 2. The van der Waals surface area contributed by atoms with Crippen LogP contribution in [-0.4, -0.2) is 59.1 Å². The third kappa shape index (κ3) is 9.21. The van der Waals surface area contributed by atoms with Gasteiger partial charge < -0.3 is 15.5 Å². The lowest BCUT2D eigenvalue weighted by molar-refractivity contribution is -0.180. The molecule has 0 bridgehead atoms. The van der Waals surface area contributed by atoms with Gasteiger partial charge in [0.1, 0.15) is 6.10 Å². The van der Waals surface area contributed by atoms with Gasteiger partial charge in [-0.25, -0.2) is 0 Å². The summed E-state index contributed by atoms with van der Waals surface area (Å²) in [6.07, 6.45) is 24.4. The Kier molecular flexibility index (Phi) is 13.1. The fourth-order valence-corrected chi connectivity index (χ4v) is 9.90. The third-order valence-corrected chi connectivity index (χ3v) is 12.2. The predicted octanol–water partition coefficient (Wildman–Crippen LogP) is 6.63. The maximum Gasteiger partial charge on any atom is 0.223 e. The molecule has 6 unspecified atom stereocenters. The molecule has 5 fully saturated rings. The van der Waals surface area contributed by atoms with Crippen LogP contribution in [-0.2, 0) is 9.63 Å². The van der Waals surface area contributed by atoms with E-state index < -0.39 is 6.10 Å². The smallest absolute Gasteiger partial charge is 0.223 e. The molecule has 1 saturated heterocycles. The van der Waals surface area contributed by atoms with Gasteiger partial charge in [0.05, 0.1) is 19.3 Å². The molecule has 1 heterocycles. The molecule has 0 aromatic carbocycles. The van der Waals surface area contributed by atoms with Gasteiger partial charge in [0, 0.05) is 30.3 Å². The number of aliphatic hydroxyl groups is 2. The molecule has 1 aliphatic heterocycles. The molecule has 0 aromatic rings. The average Bonchev–Trinajstić information content (AvgIpc) is 3.60. The zero-order valence-corrected chi connectivity index (χ0v) is 27.2. The Bertz CT molecular complexity index is 908. The van der Waals surface area contributed by atoms with Crippen LogP contribution in [0.5, 0.6) is 0 Å². The molecule has 9 atom stereocenters. The predicted molar refractivity (Wildman–Crippen MR) is 172 cm³/mol. The summed E-state index contributed by atoms with van der Waals surface area (Å²) in [6, 6.07) is 0.160.